The normalized spacial score (nSPS) is 20.8. The van der Waals surface area contributed by atoms with Crippen molar-refractivity contribution in [3.8, 4) is 5.69 Å². The number of thioether (sulfide) groups is 1. The van der Waals surface area contributed by atoms with E-state index in [1.165, 1.54) is 30.2 Å². The summed E-state index contributed by atoms with van der Waals surface area (Å²) in [6.45, 7) is 4.37. The van der Waals surface area contributed by atoms with E-state index in [1.54, 1.807) is 6.20 Å². The number of carbonyl (C=O) groups is 1. The smallest absolute Gasteiger partial charge is 0.230 e. The fraction of sp³-hybridized carbons (Fsp3) is 0.474. The van der Waals surface area contributed by atoms with E-state index in [1.807, 2.05) is 16.8 Å². The summed E-state index contributed by atoms with van der Waals surface area (Å²) in [5.74, 6) is 1.32. The molecule has 1 heterocycles. The van der Waals surface area contributed by atoms with Crippen molar-refractivity contribution in [2.45, 2.75) is 50.7 Å². The van der Waals surface area contributed by atoms with Gasteiger partial charge in [0.05, 0.1) is 5.75 Å². The van der Waals surface area contributed by atoms with Crippen LogP contribution in [0.3, 0.4) is 0 Å². The van der Waals surface area contributed by atoms with E-state index >= 15 is 0 Å². The lowest BCUT2D eigenvalue weighted by Gasteiger charge is -2.26. The molecule has 1 fully saturated rings. The third-order valence-electron chi connectivity index (χ3n) is 4.60. The first-order valence-electron chi connectivity index (χ1n) is 8.64. The summed E-state index contributed by atoms with van der Waals surface area (Å²) < 4.78 is 2.03. The average molecular weight is 343 g/mol. The quantitative estimate of drug-likeness (QED) is 0.836. The van der Waals surface area contributed by atoms with Gasteiger partial charge in [-0.15, -0.1) is 0 Å². The fourth-order valence-electron chi connectivity index (χ4n) is 3.17. The average Bonchev–Trinajstić information content (AvgIpc) is 3.04. The molecule has 3 rings (SSSR count). The molecule has 1 saturated carbocycles. The molecule has 0 radical (unpaired) electrons. The van der Waals surface area contributed by atoms with Crippen LogP contribution >= 0.6 is 11.8 Å². The number of rotatable bonds is 5. The Hall–Kier alpha value is -1.75. The largest absolute Gasteiger partial charge is 0.353 e. The monoisotopic (exact) mass is 343 g/mol. The molecular formula is C19H25N3OS. The van der Waals surface area contributed by atoms with Gasteiger partial charge in [-0.3, -0.25) is 9.36 Å². The molecule has 128 valence electrons. The fourth-order valence-corrected chi connectivity index (χ4v) is 3.96. The number of hydrogen-bond donors (Lipinski definition) is 1. The Bertz CT molecular complexity index is 689. The Labute approximate surface area is 148 Å². The van der Waals surface area contributed by atoms with Crippen LogP contribution in [0.5, 0.6) is 0 Å². The minimum absolute atomic E-state index is 0.110. The molecule has 0 bridgehead atoms. The minimum Gasteiger partial charge on any atom is -0.353 e. The molecule has 5 heteroatoms. The first-order chi connectivity index (χ1) is 11.6. The van der Waals surface area contributed by atoms with E-state index in [9.17, 15) is 4.79 Å². The van der Waals surface area contributed by atoms with E-state index < -0.39 is 0 Å². The van der Waals surface area contributed by atoms with Gasteiger partial charge >= 0.3 is 0 Å². The molecule has 0 saturated heterocycles. The Balaban J connectivity index is 1.56. The summed E-state index contributed by atoms with van der Waals surface area (Å²) >= 11 is 1.49. The summed E-state index contributed by atoms with van der Waals surface area (Å²) in [6, 6.07) is 8.64. The number of benzene rings is 1. The highest BCUT2D eigenvalue weighted by molar-refractivity contribution is 7.99. The van der Waals surface area contributed by atoms with Crippen LogP contribution in [-0.4, -0.2) is 27.3 Å². The minimum atomic E-state index is 0.110. The van der Waals surface area contributed by atoms with Crippen molar-refractivity contribution in [2.24, 2.45) is 5.92 Å². The zero-order chi connectivity index (χ0) is 16.9. The number of aryl methyl sites for hydroxylation is 1. The van der Waals surface area contributed by atoms with E-state index in [2.05, 4.69) is 42.3 Å². The lowest BCUT2D eigenvalue weighted by atomic mass is 9.87. The standard InChI is InChI=1S/C19H25N3OS/c1-14-6-8-16(9-7-14)21-18(23)13-24-19-20-10-11-22(19)17-5-3-4-15(2)12-17/h3-5,10-12,14,16H,6-9,13H2,1-2H3,(H,21,23). The maximum absolute atomic E-state index is 12.2. The van der Waals surface area contributed by atoms with Gasteiger partial charge in [0, 0.05) is 24.1 Å². The van der Waals surface area contributed by atoms with Crippen molar-refractivity contribution in [1.29, 1.82) is 0 Å². The second kappa shape index (κ2) is 7.88. The molecule has 4 nitrogen and oxygen atoms in total. The third kappa shape index (κ3) is 4.41. The number of aromatic nitrogens is 2. The summed E-state index contributed by atoms with van der Waals surface area (Å²) in [6.07, 6.45) is 8.37. The molecule has 1 aromatic heterocycles. The Morgan fingerprint density at radius 3 is 2.88 bits per heavy atom. The number of nitrogens with zero attached hydrogens (tertiary/aromatic N) is 2. The molecular weight excluding hydrogens is 318 g/mol. The molecule has 2 aromatic rings. The second-order valence-electron chi connectivity index (χ2n) is 6.73. The summed E-state index contributed by atoms with van der Waals surface area (Å²) in [4.78, 5) is 16.6. The maximum atomic E-state index is 12.2. The van der Waals surface area contributed by atoms with Gasteiger partial charge < -0.3 is 5.32 Å². The van der Waals surface area contributed by atoms with Crippen LogP contribution in [0.4, 0.5) is 0 Å². The van der Waals surface area contributed by atoms with Gasteiger partial charge in [-0.1, -0.05) is 30.8 Å². The molecule has 0 spiro atoms. The lowest BCUT2D eigenvalue weighted by Crippen LogP contribution is -2.38. The summed E-state index contributed by atoms with van der Waals surface area (Å²) in [5, 5.41) is 4.03. The van der Waals surface area contributed by atoms with Gasteiger partial charge in [0.2, 0.25) is 5.91 Å². The highest BCUT2D eigenvalue weighted by atomic mass is 32.2. The van der Waals surface area contributed by atoms with E-state index in [0.717, 1.165) is 29.6 Å². The van der Waals surface area contributed by atoms with E-state index in [0.29, 0.717) is 11.8 Å². The van der Waals surface area contributed by atoms with Gasteiger partial charge in [0.1, 0.15) is 0 Å². The highest BCUT2D eigenvalue weighted by Crippen LogP contribution is 2.24. The molecule has 1 aromatic carbocycles. The topological polar surface area (TPSA) is 46.9 Å². The van der Waals surface area contributed by atoms with E-state index in [-0.39, 0.29) is 5.91 Å². The Kier molecular flexibility index (Phi) is 5.61. The van der Waals surface area contributed by atoms with Crippen LogP contribution in [0, 0.1) is 12.8 Å². The lowest BCUT2D eigenvalue weighted by molar-refractivity contribution is -0.119. The molecule has 0 unspecified atom stereocenters. The molecule has 24 heavy (non-hydrogen) atoms. The zero-order valence-electron chi connectivity index (χ0n) is 14.4. The van der Waals surface area contributed by atoms with Crippen LogP contribution in [0.15, 0.2) is 41.8 Å². The summed E-state index contributed by atoms with van der Waals surface area (Å²) in [7, 11) is 0. The van der Waals surface area contributed by atoms with Gasteiger partial charge in [0.15, 0.2) is 5.16 Å². The zero-order valence-corrected chi connectivity index (χ0v) is 15.2. The first-order valence-corrected chi connectivity index (χ1v) is 9.63. The van der Waals surface area contributed by atoms with Gasteiger partial charge in [-0.25, -0.2) is 4.98 Å². The van der Waals surface area contributed by atoms with Crippen molar-refractivity contribution in [3.63, 3.8) is 0 Å². The maximum Gasteiger partial charge on any atom is 0.230 e. The number of nitrogens with one attached hydrogen (secondary N) is 1. The molecule has 1 aliphatic rings. The van der Waals surface area contributed by atoms with Crippen LogP contribution in [0.25, 0.3) is 5.69 Å². The predicted molar refractivity (Wildman–Crippen MR) is 98.6 cm³/mol. The van der Waals surface area contributed by atoms with E-state index in [4.69, 9.17) is 0 Å². The van der Waals surface area contributed by atoms with Crippen LogP contribution in [0.2, 0.25) is 0 Å². The molecule has 1 N–H and O–H groups in total. The van der Waals surface area contributed by atoms with Crippen LogP contribution in [0.1, 0.15) is 38.2 Å². The predicted octanol–water partition coefficient (Wildman–Crippen LogP) is 3.97. The first kappa shape index (κ1) is 17.1. The number of imidazole rings is 1. The van der Waals surface area contributed by atoms with Gasteiger partial charge in [-0.05, 0) is 56.2 Å². The second-order valence-corrected chi connectivity index (χ2v) is 7.67. The number of amides is 1. The third-order valence-corrected chi connectivity index (χ3v) is 5.57. The summed E-state index contributed by atoms with van der Waals surface area (Å²) in [5.41, 5.74) is 2.29. The van der Waals surface area contributed by atoms with Gasteiger partial charge in [0.25, 0.3) is 0 Å². The SMILES string of the molecule is Cc1cccc(-n2ccnc2SCC(=O)NC2CCC(C)CC2)c1. The van der Waals surface area contributed by atoms with Crippen LogP contribution in [-0.2, 0) is 4.79 Å². The molecule has 1 amide bonds. The van der Waals surface area contributed by atoms with Gasteiger partial charge in [-0.2, -0.15) is 0 Å². The van der Waals surface area contributed by atoms with Crippen LogP contribution < -0.4 is 5.32 Å². The highest BCUT2D eigenvalue weighted by Gasteiger charge is 2.20. The number of carbonyl (C=O) groups excluding carboxylic acids is 1. The molecule has 0 atom stereocenters. The molecule has 1 aliphatic carbocycles. The van der Waals surface area contributed by atoms with Crippen molar-refractivity contribution in [1.82, 2.24) is 14.9 Å². The van der Waals surface area contributed by atoms with Crippen molar-refractivity contribution < 1.29 is 4.79 Å². The van der Waals surface area contributed by atoms with Crippen molar-refractivity contribution in [3.05, 3.63) is 42.2 Å². The van der Waals surface area contributed by atoms with Crippen molar-refractivity contribution in [2.75, 3.05) is 5.75 Å². The number of hydrogen-bond acceptors (Lipinski definition) is 3. The Morgan fingerprint density at radius 2 is 2.12 bits per heavy atom. The Morgan fingerprint density at radius 1 is 1.33 bits per heavy atom. The van der Waals surface area contributed by atoms with Crippen molar-refractivity contribution >= 4 is 17.7 Å². The molecule has 0 aliphatic heterocycles.